The SMILES string of the molecule is CCOCC(=O)N1CCOC[C@@H]1c1[nH]ncc1C. The van der Waals surface area contributed by atoms with Crippen LogP contribution < -0.4 is 0 Å². The van der Waals surface area contributed by atoms with Gasteiger partial charge in [0.15, 0.2) is 0 Å². The highest BCUT2D eigenvalue weighted by molar-refractivity contribution is 5.78. The van der Waals surface area contributed by atoms with Gasteiger partial charge in [-0.15, -0.1) is 0 Å². The predicted octanol–water partition coefficient (Wildman–Crippen LogP) is 0.655. The summed E-state index contributed by atoms with van der Waals surface area (Å²) in [7, 11) is 0. The molecule has 1 amide bonds. The van der Waals surface area contributed by atoms with E-state index in [1.54, 1.807) is 11.1 Å². The third-order valence-electron chi connectivity index (χ3n) is 3.08. The average molecular weight is 253 g/mol. The molecule has 0 saturated carbocycles. The molecule has 2 rings (SSSR count). The first kappa shape index (κ1) is 13.0. The number of nitrogens with one attached hydrogen (secondary N) is 1. The van der Waals surface area contributed by atoms with E-state index >= 15 is 0 Å². The summed E-state index contributed by atoms with van der Waals surface area (Å²) in [6.07, 6.45) is 1.76. The molecule has 0 radical (unpaired) electrons. The molecule has 6 nitrogen and oxygen atoms in total. The Morgan fingerprint density at radius 2 is 2.56 bits per heavy atom. The number of aromatic nitrogens is 2. The van der Waals surface area contributed by atoms with Gasteiger partial charge in [0.1, 0.15) is 6.61 Å². The molecule has 0 spiro atoms. The van der Waals surface area contributed by atoms with E-state index in [-0.39, 0.29) is 18.6 Å². The third-order valence-corrected chi connectivity index (χ3v) is 3.08. The topological polar surface area (TPSA) is 67.4 Å². The number of H-pyrrole nitrogens is 1. The second-order valence-electron chi connectivity index (χ2n) is 4.28. The lowest BCUT2D eigenvalue weighted by atomic mass is 10.1. The van der Waals surface area contributed by atoms with Gasteiger partial charge in [0, 0.05) is 13.2 Å². The molecule has 18 heavy (non-hydrogen) atoms. The summed E-state index contributed by atoms with van der Waals surface area (Å²) in [6, 6.07) is -0.0887. The van der Waals surface area contributed by atoms with Crippen molar-refractivity contribution in [2.45, 2.75) is 19.9 Å². The fourth-order valence-electron chi connectivity index (χ4n) is 2.11. The molecule has 0 aromatic carbocycles. The van der Waals surface area contributed by atoms with Crippen molar-refractivity contribution in [3.63, 3.8) is 0 Å². The van der Waals surface area contributed by atoms with Crippen LogP contribution in [0, 0.1) is 6.92 Å². The molecule has 1 aliphatic rings. The maximum absolute atomic E-state index is 12.1. The van der Waals surface area contributed by atoms with Crippen molar-refractivity contribution >= 4 is 5.91 Å². The Morgan fingerprint density at radius 3 is 3.22 bits per heavy atom. The smallest absolute Gasteiger partial charge is 0.249 e. The Bertz CT molecular complexity index is 405. The molecule has 1 aliphatic heterocycles. The molecule has 1 saturated heterocycles. The summed E-state index contributed by atoms with van der Waals surface area (Å²) in [5, 5.41) is 6.95. The minimum Gasteiger partial charge on any atom is -0.377 e. The van der Waals surface area contributed by atoms with Crippen LogP contribution in [0.1, 0.15) is 24.2 Å². The summed E-state index contributed by atoms with van der Waals surface area (Å²) in [5.41, 5.74) is 1.99. The van der Waals surface area contributed by atoms with Crippen LogP contribution in [0.3, 0.4) is 0 Å². The van der Waals surface area contributed by atoms with Crippen LogP contribution >= 0.6 is 0 Å². The predicted molar refractivity (Wildman–Crippen MR) is 65.1 cm³/mol. The highest BCUT2D eigenvalue weighted by Gasteiger charge is 2.30. The summed E-state index contributed by atoms with van der Waals surface area (Å²) in [6.45, 7) is 6.18. The lowest BCUT2D eigenvalue weighted by Gasteiger charge is -2.35. The summed E-state index contributed by atoms with van der Waals surface area (Å²) >= 11 is 0. The van der Waals surface area contributed by atoms with E-state index in [1.165, 1.54) is 0 Å². The molecular weight excluding hydrogens is 234 g/mol. The highest BCUT2D eigenvalue weighted by atomic mass is 16.5. The van der Waals surface area contributed by atoms with E-state index in [1.807, 2.05) is 13.8 Å². The lowest BCUT2D eigenvalue weighted by molar-refractivity contribution is -0.145. The van der Waals surface area contributed by atoms with Crippen molar-refractivity contribution in [2.24, 2.45) is 0 Å². The van der Waals surface area contributed by atoms with Gasteiger partial charge in [0.05, 0.1) is 31.1 Å². The van der Waals surface area contributed by atoms with E-state index in [0.29, 0.717) is 26.4 Å². The van der Waals surface area contributed by atoms with Crippen LogP contribution in [-0.4, -0.2) is 54.0 Å². The summed E-state index contributed by atoms with van der Waals surface area (Å²) < 4.78 is 10.6. The van der Waals surface area contributed by atoms with Crippen molar-refractivity contribution < 1.29 is 14.3 Å². The number of aromatic amines is 1. The summed E-state index contributed by atoms with van der Waals surface area (Å²) in [4.78, 5) is 13.9. The Hall–Kier alpha value is -1.40. The normalized spacial score (nSPS) is 20.1. The molecule has 2 heterocycles. The van der Waals surface area contributed by atoms with Crippen LogP contribution in [0.5, 0.6) is 0 Å². The zero-order chi connectivity index (χ0) is 13.0. The molecule has 0 unspecified atom stereocenters. The highest BCUT2D eigenvalue weighted by Crippen LogP contribution is 2.24. The van der Waals surface area contributed by atoms with Crippen LogP contribution in [0.2, 0.25) is 0 Å². The minimum absolute atomic E-state index is 0.000787. The number of carbonyl (C=O) groups excluding carboxylic acids is 1. The van der Waals surface area contributed by atoms with Crippen LogP contribution in [0.4, 0.5) is 0 Å². The lowest BCUT2D eigenvalue weighted by Crippen LogP contribution is -2.45. The zero-order valence-corrected chi connectivity index (χ0v) is 10.8. The molecule has 1 fully saturated rings. The molecule has 100 valence electrons. The standard InChI is InChI=1S/C12H19N3O3/c1-3-17-8-11(16)15-4-5-18-7-10(15)12-9(2)6-13-14-12/h6,10H,3-5,7-8H2,1-2H3,(H,13,14)/t10-/m1/s1. The van der Waals surface area contributed by atoms with Gasteiger partial charge in [-0.2, -0.15) is 5.10 Å². The van der Waals surface area contributed by atoms with Crippen molar-refractivity contribution in [3.8, 4) is 0 Å². The molecule has 0 aliphatic carbocycles. The molecule has 1 aromatic heterocycles. The number of ether oxygens (including phenoxy) is 2. The van der Waals surface area contributed by atoms with Gasteiger partial charge in [0.25, 0.3) is 0 Å². The van der Waals surface area contributed by atoms with E-state index in [4.69, 9.17) is 9.47 Å². The van der Waals surface area contributed by atoms with Crippen LogP contribution in [0.15, 0.2) is 6.20 Å². The quantitative estimate of drug-likeness (QED) is 0.855. The Balaban J connectivity index is 2.11. The van der Waals surface area contributed by atoms with Crippen LogP contribution in [-0.2, 0) is 14.3 Å². The van der Waals surface area contributed by atoms with Crippen molar-refractivity contribution in [1.82, 2.24) is 15.1 Å². The first-order valence-electron chi connectivity index (χ1n) is 6.18. The van der Waals surface area contributed by atoms with Crippen molar-refractivity contribution in [2.75, 3.05) is 33.0 Å². The first-order valence-corrected chi connectivity index (χ1v) is 6.18. The molecular formula is C12H19N3O3. The largest absolute Gasteiger partial charge is 0.377 e. The number of hydrogen-bond donors (Lipinski definition) is 1. The Labute approximate surface area is 106 Å². The second kappa shape index (κ2) is 5.97. The number of rotatable bonds is 4. The van der Waals surface area contributed by atoms with Crippen molar-refractivity contribution in [3.05, 3.63) is 17.5 Å². The van der Waals surface area contributed by atoms with Crippen molar-refractivity contribution in [1.29, 1.82) is 0 Å². The zero-order valence-electron chi connectivity index (χ0n) is 10.8. The number of hydrogen-bond acceptors (Lipinski definition) is 4. The maximum atomic E-state index is 12.1. The number of amides is 1. The molecule has 1 N–H and O–H groups in total. The molecule has 1 atom stereocenters. The van der Waals surface area contributed by atoms with E-state index in [9.17, 15) is 4.79 Å². The molecule has 6 heteroatoms. The molecule has 0 bridgehead atoms. The fourth-order valence-corrected chi connectivity index (χ4v) is 2.11. The average Bonchev–Trinajstić information content (AvgIpc) is 2.82. The summed E-state index contributed by atoms with van der Waals surface area (Å²) in [5.74, 6) is -0.000787. The Kier molecular flexibility index (Phi) is 4.33. The van der Waals surface area contributed by atoms with Gasteiger partial charge in [-0.05, 0) is 19.4 Å². The van der Waals surface area contributed by atoms with Gasteiger partial charge >= 0.3 is 0 Å². The van der Waals surface area contributed by atoms with E-state index in [0.717, 1.165) is 11.3 Å². The first-order chi connectivity index (χ1) is 8.74. The van der Waals surface area contributed by atoms with Gasteiger partial charge in [-0.25, -0.2) is 0 Å². The van der Waals surface area contributed by atoms with E-state index in [2.05, 4.69) is 10.2 Å². The van der Waals surface area contributed by atoms with Gasteiger partial charge < -0.3 is 14.4 Å². The fraction of sp³-hybridized carbons (Fsp3) is 0.667. The number of morpholine rings is 1. The number of nitrogens with zero attached hydrogens (tertiary/aromatic N) is 2. The third kappa shape index (κ3) is 2.70. The monoisotopic (exact) mass is 253 g/mol. The number of aryl methyl sites for hydroxylation is 1. The number of carbonyl (C=O) groups is 1. The Morgan fingerprint density at radius 1 is 1.72 bits per heavy atom. The van der Waals surface area contributed by atoms with E-state index < -0.39 is 0 Å². The maximum Gasteiger partial charge on any atom is 0.249 e. The van der Waals surface area contributed by atoms with Gasteiger partial charge in [-0.1, -0.05) is 0 Å². The second-order valence-corrected chi connectivity index (χ2v) is 4.28. The van der Waals surface area contributed by atoms with Gasteiger partial charge in [-0.3, -0.25) is 9.89 Å². The molecule has 1 aromatic rings. The minimum atomic E-state index is -0.0887. The van der Waals surface area contributed by atoms with Gasteiger partial charge in [0.2, 0.25) is 5.91 Å². The van der Waals surface area contributed by atoms with Crippen LogP contribution in [0.25, 0.3) is 0 Å².